The Kier molecular flexibility index (Phi) is 1.81. The van der Waals surface area contributed by atoms with Crippen LogP contribution in [0.1, 0.15) is 13.3 Å². The lowest BCUT2D eigenvalue weighted by atomic mass is 9.84. The summed E-state index contributed by atoms with van der Waals surface area (Å²) < 4.78 is 0. The van der Waals surface area contributed by atoms with Gasteiger partial charge in [-0.15, -0.1) is 0 Å². The average Bonchev–Trinajstić information content (AvgIpc) is 2.14. The van der Waals surface area contributed by atoms with Crippen LogP contribution in [0.3, 0.4) is 0 Å². The molecule has 0 spiro atoms. The smallest absolute Gasteiger partial charge is 0.190 e. The summed E-state index contributed by atoms with van der Waals surface area (Å²) in [5.41, 5.74) is 0.711. The summed E-state index contributed by atoms with van der Waals surface area (Å²) in [6, 6.07) is 0. The maximum absolute atomic E-state index is 11.6. The Morgan fingerprint density at radius 2 is 1.93 bits per heavy atom. The van der Waals surface area contributed by atoms with E-state index in [-0.39, 0.29) is 34.9 Å². The highest BCUT2D eigenvalue weighted by molar-refractivity contribution is 6.35. The number of Topliss-reactive ketones (excluding diaryl/α,β-unsaturated/α-hetero) is 2. The summed E-state index contributed by atoms with van der Waals surface area (Å²) in [6.45, 7) is 1.58. The minimum absolute atomic E-state index is 0.0584. The fourth-order valence-electron chi connectivity index (χ4n) is 1.63. The standard InChI is InChI=1S/C11H8O3/c1-6-5-9(13)10-7(11(6)14)3-2-4-8(10)12/h2-3,5H,4H2,1H3. The van der Waals surface area contributed by atoms with E-state index >= 15 is 0 Å². The Morgan fingerprint density at radius 3 is 2.64 bits per heavy atom. The normalized spacial score (nSPS) is 21.2. The molecule has 70 valence electrons. The molecule has 2 aliphatic carbocycles. The van der Waals surface area contributed by atoms with Crippen molar-refractivity contribution in [3.63, 3.8) is 0 Å². The second-order valence-corrected chi connectivity index (χ2v) is 3.34. The molecule has 0 N–H and O–H groups in total. The Bertz CT molecular complexity index is 447. The third kappa shape index (κ3) is 1.09. The molecule has 3 heteroatoms. The van der Waals surface area contributed by atoms with Gasteiger partial charge >= 0.3 is 0 Å². The molecule has 0 aliphatic heterocycles. The molecule has 0 unspecified atom stereocenters. The number of allylic oxidation sites excluding steroid dienone is 6. The topological polar surface area (TPSA) is 51.2 Å². The minimum atomic E-state index is -0.341. The van der Waals surface area contributed by atoms with Crippen LogP contribution in [0.5, 0.6) is 0 Å². The summed E-state index contributed by atoms with van der Waals surface area (Å²) >= 11 is 0. The summed E-state index contributed by atoms with van der Waals surface area (Å²) in [4.78, 5) is 34.4. The third-order valence-corrected chi connectivity index (χ3v) is 2.33. The van der Waals surface area contributed by atoms with Crippen molar-refractivity contribution in [3.8, 4) is 0 Å². The van der Waals surface area contributed by atoms with E-state index in [0.717, 1.165) is 0 Å². The van der Waals surface area contributed by atoms with Crippen LogP contribution in [0.2, 0.25) is 0 Å². The first-order chi connectivity index (χ1) is 6.61. The molecular weight excluding hydrogens is 180 g/mol. The molecule has 0 atom stereocenters. The lowest BCUT2D eigenvalue weighted by molar-refractivity contribution is -0.121. The molecule has 0 aromatic carbocycles. The first-order valence-corrected chi connectivity index (χ1v) is 4.32. The minimum Gasteiger partial charge on any atom is -0.294 e. The first-order valence-electron chi connectivity index (χ1n) is 4.32. The molecule has 0 radical (unpaired) electrons. The maximum atomic E-state index is 11.6. The van der Waals surface area contributed by atoms with Gasteiger partial charge in [0, 0.05) is 17.6 Å². The Balaban J connectivity index is 2.61. The molecule has 2 rings (SSSR count). The van der Waals surface area contributed by atoms with E-state index in [1.807, 2.05) is 0 Å². The molecule has 0 aromatic heterocycles. The van der Waals surface area contributed by atoms with Gasteiger partial charge in [-0.25, -0.2) is 0 Å². The number of hydrogen-bond donors (Lipinski definition) is 0. The van der Waals surface area contributed by atoms with Gasteiger partial charge < -0.3 is 0 Å². The second-order valence-electron chi connectivity index (χ2n) is 3.34. The van der Waals surface area contributed by atoms with Crippen LogP contribution in [0.4, 0.5) is 0 Å². The first kappa shape index (κ1) is 8.81. The van der Waals surface area contributed by atoms with Crippen LogP contribution in [-0.2, 0) is 14.4 Å². The van der Waals surface area contributed by atoms with Gasteiger partial charge in [-0.3, -0.25) is 14.4 Å². The van der Waals surface area contributed by atoms with Crippen molar-refractivity contribution in [2.24, 2.45) is 0 Å². The highest BCUT2D eigenvalue weighted by atomic mass is 16.2. The van der Waals surface area contributed by atoms with Gasteiger partial charge in [-0.05, 0) is 13.0 Å². The number of hydrogen-bond acceptors (Lipinski definition) is 3. The highest BCUT2D eigenvalue weighted by Crippen LogP contribution is 2.24. The van der Waals surface area contributed by atoms with E-state index in [9.17, 15) is 14.4 Å². The van der Waals surface area contributed by atoms with Gasteiger partial charge in [0.05, 0.1) is 5.57 Å². The molecule has 0 bridgehead atoms. The van der Waals surface area contributed by atoms with Crippen molar-refractivity contribution in [2.75, 3.05) is 0 Å². The van der Waals surface area contributed by atoms with Crippen LogP contribution < -0.4 is 0 Å². The van der Waals surface area contributed by atoms with Crippen molar-refractivity contribution >= 4 is 17.3 Å². The van der Waals surface area contributed by atoms with Crippen molar-refractivity contribution in [2.45, 2.75) is 13.3 Å². The van der Waals surface area contributed by atoms with Crippen LogP contribution in [0.15, 0.2) is 34.9 Å². The zero-order valence-electron chi connectivity index (χ0n) is 7.66. The van der Waals surface area contributed by atoms with E-state index in [2.05, 4.69) is 0 Å². The zero-order chi connectivity index (χ0) is 10.3. The number of ketones is 3. The van der Waals surface area contributed by atoms with Crippen LogP contribution >= 0.6 is 0 Å². The largest absolute Gasteiger partial charge is 0.294 e. The van der Waals surface area contributed by atoms with E-state index < -0.39 is 0 Å². The van der Waals surface area contributed by atoms with Gasteiger partial charge in [0.1, 0.15) is 0 Å². The fraction of sp³-hybridized carbons (Fsp3) is 0.182. The van der Waals surface area contributed by atoms with Crippen LogP contribution in [-0.4, -0.2) is 17.3 Å². The molecule has 0 saturated carbocycles. The summed E-state index contributed by atoms with van der Waals surface area (Å²) in [6.07, 6.45) is 4.63. The predicted octanol–water partition coefficient (Wildman–Crippen LogP) is 0.910. The number of carbonyl (C=O) groups excluding carboxylic acids is 3. The summed E-state index contributed by atoms with van der Waals surface area (Å²) in [5, 5.41) is 0. The summed E-state index contributed by atoms with van der Waals surface area (Å²) in [5.74, 6) is -0.819. The number of rotatable bonds is 0. The molecule has 0 aromatic rings. The lowest BCUT2D eigenvalue weighted by Gasteiger charge is -2.16. The van der Waals surface area contributed by atoms with Gasteiger partial charge in [0.2, 0.25) is 0 Å². The van der Waals surface area contributed by atoms with E-state index in [1.54, 1.807) is 19.1 Å². The average molecular weight is 188 g/mol. The Hall–Kier alpha value is -1.77. The van der Waals surface area contributed by atoms with Gasteiger partial charge in [-0.1, -0.05) is 12.2 Å². The van der Waals surface area contributed by atoms with Gasteiger partial charge in [0.15, 0.2) is 17.3 Å². The molecule has 3 nitrogen and oxygen atoms in total. The molecule has 0 fully saturated rings. The monoisotopic (exact) mass is 188 g/mol. The predicted molar refractivity (Wildman–Crippen MR) is 49.6 cm³/mol. The molecule has 0 amide bonds. The van der Waals surface area contributed by atoms with Gasteiger partial charge in [0.25, 0.3) is 0 Å². The highest BCUT2D eigenvalue weighted by Gasteiger charge is 2.30. The van der Waals surface area contributed by atoms with Crippen LogP contribution in [0, 0.1) is 0 Å². The van der Waals surface area contributed by atoms with E-state index in [1.165, 1.54) is 6.08 Å². The zero-order valence-corrected chi connectivity index (χ0v) is 7.66. The maximum Gasteiger partial charge on any atom is 0.190 e. The van der Waals surface area contributed by atoms with Crippen LogP contribution in [0.25, 0.3) is 0 Å². The molecular formula is C11H8O3. The Morgan fingerprint density at radius 1 is 1.21 bits per heavy atom. The molecule has 2 aliphatic rings. The van der Waals surface area contributed by atoms with E-state index in [0.29, 0.717) is 5.57 Å². The lowest BCUT2D eigenvalue weighted by Crippen LogP contribution is -2.24. The van der Waals surface area contributed by atoms with E-state index in [4.69, 9.17) is 0 Å². The second kappa shape index (κ2) is 2.87. The van der Waals surface area contributed by atoms with Crippen molar-refractivity contribution in [1.29, 1.82) is 0 Å². The van der Waals surface area contributed by atoms with Crippen molar-refractivity contribution in [1.82, 2.24) is 0 Å². The quantitative estimate of drug-likeness (QED) is 0.419. The number of carbonyl (C=O) groups is 3. The molecule has 0 saturated heterocycles. The molecule has 14 heavy (non-hydrogen) atoms. The molecule has 0 heterocycles. The summed E-state index contributed by atoms with van der Waals surface area (Å²) in [7, 11) is 0. The Labute approximate surface area is 80.8 Å². The van der Waals surface area contributed by atoms with Gasteiger partial charge in [-0.2, -0.15) is 0 Å². The third-order valence-electron chi connectivity index (χ3n) is 2.33. The van der Waals surface area contributed by atoms with Crippen molar-refractivity contribution < 1.29 is 14.4 Å². The fourth-order valence-corrected chi connectivity index (χ4v) is 1.63. The SMILES string of the molecule is CC1=CC(=O)C2=C(C=CCC2=O)C1=O. The van der Waals surface area contributed by atoms with Crippen molar-refractivity contribution in [3.05, 3.63) is 34.9 Å².